The molecule has 2 aliphatic rings. The van der Waals surface area contributed by atoms with E-state index in [-0.39, 0.29) is 0 Å². The molecule has 0 bridgehead atoms. The molecule has 2 saturated heterocycles. The molecular formula is C13H28N4. The Bertz CT molecular complexity index is 202. The largest absolute Gasteiger partial charge is 0.315 e. The van der Waals surface area contributed by atoms with Gasteiger partial charge in [-0.05, 0) is 45.7 Å². The van der Waals surface area contributed by atoms with Gasteiger partial charge in [-0.15, -0.1) is 0 Å². The van der Waals surface area contributed by atoms with Crippen LogP contribution in [0.4, 0.5) is 0 Å². The molecule has 0 spiro atoms. The number of hydrazine groups is 1. The Labute approximate surface area is 106 Å². The smallest absolute Gasteiger partial charge is 0.0342 e. The van der Waals surface area contributed by atoms with Crippen molar-refractivity contribution < 1.29 is 0 Å². The third-order valence-corrected chi connectivity index (χ3v) is 3.87. The molecular weight excluding hydrogens is 212 g/mol. The van der Waals surface area contributed by atoms with Gasteiger partial charge in [0.25, 0.3) is 0 Å². The van der Waals surface area contributed by atoms with Crippen molar-refractivity contribution in [1.82, 2.24) is 20.7 Å². The van der Waals surface area contributed by atoms with E-state index in [1.54, 1.807) is 0 Å². The molecule has 17 heavy (non-hydrogen) atoms. The molecule has 1 atom stereocenters. The molecule has 0 saturated carbocycles. The van der Waals surface area contributed by atoms with E-state index in [1.165, 1.54) is 58.4 Å². The number of nitrogens with one attached hydrogen (secondary N) is 2. The maximum atomic E-state index is 3.55. The zero-order valence-electron chi connectivity index (χ0n) is 11.2. The van der Waals surface area contributed by atoms with Crippen molar-refractivity contribution in [1.29, 1.82) is 0 Å². The fourth-order valence-electron chi connectivity index (χ4n) is 2.83. The van der Waals surface area contributed by atoms with E-state index in [0.29, 0.717) is 6.04 Å². The maximum Gasteiger partial charge on any atom is 0.0342 e. The fourth-order valence-corrected chi connectivity index (χ4v) is 2.83. The van der Waals surface area contributed by atoms with E-state index in [0.717, 1.165) is 13.1 Å². The molecule has 2 rings (SSSR count). The normalized spacial score (nSPS) is 31.2. The quantitative estimate of drug-likeness (QED) is 0.705. The Morgan fingerprint density at radius 1 is 0.824 bits per heavy atom. The molecule has 2 N–H and O–H groups in total. The van der Waals surface area contributed by atoms with Gasteiger partial charge in [-0.2, -0.15) is 0 Å². The van der Waals surface area contributed by atoms with Crippen molar-refractivity contribution in [2.45, 2.75) is 38.6 Å². The average Bonchev–Trinajstić information content (AvgIpc) is 2.26. The van der Waals surface area contributed by atoms with Crippen molar-refractivity contribution in [3.05, 3.63) is 0 Å². The van der Waals surface area contributed by atoms with Crippen LogP contribution in [0.3, 0.4) is 0 Å². The minimum absolute atomic E-state index is 0.634. The van der Waals surface area contributed by atoms with Gasteiger partial charge in [-0.1, -0.05) is 0 Å². The zero-order chi connectivity index (χ0) is 11.9. The molecule has 2 aliphatic heterocycles. The van der Waals surface area contributed by atoms with E-state index in [9.17, 15) is 0 Å². The minimum atomic E-state index is 0.634. The zero-order valence-corrected chi connectivity index (χ0v) is 11.2. The van der Waals surface area contributed by atoms with Crippen molar-refractivity contribution in [3.8, 4) is 0 Å². The first kappa shape index (κ1) is 13.3. The molecule has 1 unspecified atom stereocenters. The Balaban J connectivity index is 1.90. The Kier molecular flexibility index (Phi) is 5.71. The van der Waals surface area contributed by atoms with Gasteiger partial charge in [0.15, 0.2) is 0 Å². The summed E-state index contributed by atoms with van der Waals surface area (Å²) in [5, 5.41) is 12.3. The molecule has 0 aromatic heterocycles. The lowest BCUT2D eigenvalue weighted by molar-refractivity contribution is -0.0614. The fraction of sp³-hybridized carbons (Fsp3) is 1.00. The summed E-state index contributed by atoms with van der Waals surface area (Å²) in [5.41, 5.74) is 0. The third kappa shape index (κ3) is 4.21. The van der Waals surface area contributed by atoms with Gasteiger partial charge >= 0.3 is 0 Å². The number of rotatable bonds is 1. The molecule has 2 heterocycles. The van der Waals surface area contributed by atoms with Crippen molar-refractivity contribution in [2.24, 2.45) is 0 Å². The molecule has 0 aromatic rings. The van der Waals surface area contributed by atoms with Crippen molar-refractivity contribution in [2.75, 3.05) is 45.8 Å². The monoisotopic (exact) mass is 240 g/mol. The Morgan fingerprint density at radius 3 is 2.47 bits per heavy atom. The van der Waals surface area contributed by atoms with Crippen LogP contribution in [-0.4, -0.2) is 61.9 Å². The lowest BCUT2D eigenvalue weighted by atomic mass is 10.2. The molecule has 0 radical (unpaired) electrons. The highest BCUT2D eigenvalue weighted by atomic mass is 15.6. The highest BCUT2D eigenvalue weighted by Gasteiger charge is 2.22. The van der Waals surface area contributed by atoms with Gasteiger partial charge < -0.3 is 10.6 Å². The van der Waals surface area contributed by atoms with Crippen LogP contribution in [0.25, 0.3) is 0 Å². The summed E-state index contributed by atoms with van der Waals surface area (Å²) in [5.74, 6) is 0. The van der Waals surface area contributed by atoms with E-state index in [2.05, 4.69) is 27.6 Å². The summed E-state index contributed by atoms with van der Waals surface area (Å²) in [6.45, 7) is 10.7. The van der Waals surface area contributed by atoms with Crippen LogP contribution in [0.5, 0.6) is 0 Å². The summed E-state index contributed by atoms with van der Waals surface area (Å²) in [4.78, 5) is 0. The van der Waals surface area contributed by atoms with Crippen LogP contribution >= 0.6 is 0 Å². The minimum Gasteiger partial charge on any atom is -0.315 e. The first-order valence-corrected chi connectivity index (χ1v) is 7.31. The highest BCUT2D eigenvalue weighted by molar-refractivity contribution is 4.73. The summed E-state index contributed by atoms with van der Waals surface area (Å²) in [6.07, 6.45) is 5.27. The summed E-state index contributed by atoms with van der Waals surface area (Å²) >= 11 is 0. The number of hydrogen-bond donors (Lipinski definition) is 2. The predicted molar refractivity (Wildman–Crippen MR) is 71.9 cm³/mol. The van der Waals surface area contributed by atoms with Gasteiger partial charge in [-0.25, -0.2) is 10.0 Å². The number of hydrogen-bond acceptors (Lipinski definition) is 4. The summed E-state index contributed by atoms with van der Waals surface area (Å²) in [7, 11) is 0. The molecule has 100 valence electrons. The molecule has 2 fully saturated rings. The average molecular weight is 240 g/mol. The first-order valence-electron chi connectivity index (χ1n) is 7.31. The third-order valence-electron chi connectivity index (χ3n) is 3.87. The Morgan fingerprint density at radius 2 is 1.59 bits per heavy atom. The molecule has 0 aliphatic carbocycles. The molecule has 4 nitrogen and oxygen atoms in total. The van der Waals surface area contributed by atoms with Crippen LogP contribution in [0.1, 0.15) is 32.6 Å². The Hall–Kier alpha value is -0.160. The van der Waals surface area contributed by atoms with E-state index >= 15 is 0 Å². The van der Waals surface area contributed by atoms with Crippen LogP contribution in [-0.2, 0) is 0 Å². The van der Waals surface area contributed by atoms with Crippen LogP contribution < -0.4 is 10.6 Å². The van der Waals surface area contributed by atoms with E-state index in [1.807, 2.05) is 0 Å². The summed E-state index contributed by atoms with van der Waals surface area (Å²) in [6, 6.07) is 0.634. The van der Waals surface area contributed by atoms with E-state index < -0.39 is 0 Å². The second-order valence-corrected chi connectivity index (χ2v) is 5.33. The maximum absolute atomic E-state index is 3.55. The van der Waals surface area contributed by atoms with Gasteiger partial charge in [0.1, 0.15) is 0 Å². The SMILES string of the molecule is CC1CNCCCCN1N1CCCCNCC1. The van der Waals surface area contributed by atoms with Crippen LogP contribution in [0.2, 0.25) is 0 Å². The topological polar surface area (TPSA) is 30.5 Å². The standard InChI is InChI=1S/C13H28N4/c1-13-12-15-7-3-5-10-17(13)16-9-4-2-6-14-8-11-16/h13-15H,2-12H2,1H3. The van der Waals surface area contributed by atoms with Gasteiger partial charge in [0.05, 0.1) is 0 Å². The lowest BCUT2D eigenvalue weighted by Crippen LogP contribution is -2.55. The second kappa shape index (κ2) is 7.31. The molecule has 4 heteroatoms. The summed E-state index contributed by atoms with van der Waals surface area (Å²) < 4.78 is 0. The number of nitrogens with zero attached hydrogens (tertiary/aromatic N) is 2. The second-order valence-electron chi connectivity index (χ2n) is 5.33. The first-order chi connectivity index (χ1) is 8.38. The van der Waals surface area contributed by atoms with Crippen molar-refractivity contribution in [3.63, 3.8) is 0 Å². The molecule has 0 aromatic carbocycles. The predicted octanol–water partition coefficient (Wildman–Crippen LogP) is 0.661. The van der Waals surface area contributed by atoms with Gasteiger partial charge in [0, 0.05) is 38.8 Å². The molecule has 0 amide bonds. The van der Waals surface area contributed by atoms with Crippen LogP contribution in [0.15, 0.2) is 0 Å². The van der Waals surface area contributed by atoms with Gasteiger partial charge in [-0.3, -0.25) is 0 Å². The lowest BCUT2D eigenvalue weighted by Gasteiger charge is -2.41. The van der Waals surface area contributed by atoms with Crippen LogP contribution in [0, 0.1) is 0 Å². The van der Waals surface area contributed by atoms with Crippen molar-refractivity contribution >= 4 is 0 Å². The highest BCUT2D eigenvalue weighted by Crippen LogP contribution is 2.11. The van der Waals surface area contributed by atoms with Gasteiger partial charge in [0.2, 0.25) is 0 Å². The van der Waals surface area contributed by atoms with E-state index in [4.69, 9.17) is 0 Å².